The van der Waals surface area contributed by atoms with Crippen molar-refractivity contribution in [3.8, 4) is 5.75 Å². The molecule has 1 unspecified atom stereocenters. The molecule has 0 radical (unpaired) electrons. The molecule has 2 rings (SSSR count). The molecule has 1 nitrogen and oxygen atoms in total. The summed E-state index contributed by atoms with van der Waals surface area (Å²) in [6, 6.07) is 6.26. The number of halogens is 4. The third-order valence-corrected chi connectivity index (χ3v) is 4.92. The lowest BCUT2D eigenvalue weighted by molar-refractivity contribution is -0.236. The van der Waals surface area contributed by atoms with Gasteiger partial charge in [0.2, 0.25) is 0 Å². The molecule has 0 aliphatic heterocycles. The Morgan fingerprint density at radius 1 is 1.00 bits per heavy atom. The van der Waals surface area contributed by atoms with Crippen LogP contribution in [0.15, 0.2) is 24.3 Å². The number of rotatable bonds is 7. The van der Waals surface area contributed by atoms with Crippen molar-refractivity contribution in [2.75, 3.05) is 0 Å². The molecular formula is C19H26F4O. The quantitative estimate of drug-likeness (QED) is 0.515. The average Bonchev–Trinajstić information content (AvgIpc) is 2.55. The zero-order valence-corrected chi connectivity index (χ0v) is 14.1. The van der Waals surface area contributed by atoms with Gasteiger partial charge in [-0.3, -0.25) is 0 Å². The van der Waals surface area contributed by atoms with Crippen molar-refractivity contribution in [1.82, 2.24) is 0 Å². The molecule has 1 aliphatic carbocycles. The summed E-state index contributed by atoms with van der Waals surface area (Å²) in [6.45, 7) is 2.24. The normalized spacial score (nSPS) is 23.0. The molecule has 0 N–H and O–H groups in total. The second-order valence-electron chi connectivity index (χ2n) is 6.83. The van der Waals surface area contributed by atoms with Crippen LogP contribution in [0.5, 0.6) is 5.75 Å². The summed E-state index contributed by atoms with van der Waals surface area (Å²) in [5.74, 6) is 1.54. The smallest absolute Gasteiger partial charge is 0.452 e. The fourth-order valence-corrected chi connectivity index (χ4v) is 3.51. The van der Waals surface area contributed by atoms with E-state index in [2.05, 4.69) is 11.7 Å². The lowest BCUT2D eigenvalue weighted by atomic mass is 9.78. The fraction of sp³-hybridized carbons (Fsp3) is 0.684. The second kappa shape index (κ2) is 8.72. The monoisotopic (exact) mass is 346 g/mol. The maximum absolute atomic E-state index is 12.8. The SMILES string of the molecule is CCCC1CCC(CCc2ccc(OC(F)C(F)(F)F)cc2)CC1. The minimum Gasteiger partial charge on any atom is -0.452 e. The first-order valence-electron chi connectivity index (χ1n) is 8.85. The molecule has 1 aromatic carbocycles. The van der Waals surface area contributed by atoms with Crippen LogP contribution in [0.2, 0.25) is 0 Å². The van der Waals surface area contributed by atoms with Gasteiger partial charge in [0.1, 0.15) is 5.75 Å². The van der Waals surface area contributed by atoms with E-state index in [1.54, 1.807) is 12.1 Å². The highest BCUT2D eigenvalue weighted by atomic mass is 19.4. The van der Waals surface area contributed by atoms with Gasteiger partial charge in [-0.1, -0.05) is 57.6 Å². The van der Waals surface area contributed by atoms with Crippen LogP contribution in [-0.2, 0) is 6.42 Å². The van der Waals surface area contributed by atoms with Crippen LogP contribution in [0, 0.1) is 11.8 Å². The third-order valence-electron chi connectivity index (χ3n) is 4.92. The predicted octanol–water partition coefficient (Wildman–Crippen LogP) is 6.46. The van der Waals surface area contributed by atoms with Crippen LogP contribution < -0.4 is 4.74 Å². The Morgan fingerprint density at radius 2 is 1.54 bits per heavy atom. The van der Waals surface area contributed by atoms with E-state index in [4.69, 9.17) is 0 Å². The Morgan fingerprint density at radius 3 is 2.04 bits per heavy atom. The number of aryl methyl sites for hydroxylation is 1. The predicted molar refractivity (Wildman–Crippen MR) is 86.7 cm³/mol. The number of hydrogen-bond donors (Lipinski definition) is 0. The van der Waals surface area contributed by atoms with Crippen LogP contribution in [0.25, 0.3) is 0 Å². The highest BCUT2D eigenvalue weighted by molar-refractivity contribution is 5.27. The topological polar surface area (TPSA) is 9.23 Å². The van der Waals surface area contributed by atoms with E-state index in [0.29, 0.717) is 0 Å². The maximum Gasteiger partial charge on any atom is 0.457 e. The lowest BCUT2D eigenvalue weighted by Gasteiger charge is -2.28. The molecule has 1 saturated carbocycles. The van der Waals surface area contributed by atoms with Crippen LogP contribution in [-0.4, -0.2) is 12.5 Å². The van der Waals surface area contributed by atoms with Gasteiger partial charge < -0.3 is 4.74 Å². The fourth-order valence-electron chi connectivity index (χ4n) is 3.51. The van der Waals surface area contributed by atoms with Crippen molar-refractivity contribution in [1.29, 1.82) is 0 Å². The number of ether oxygens (including phenoxy) is 1. The van der Waals surface area contributed by atoms with Gasteiger partial charge in [-0.25, -0.2) is 0 Å². The van der Waals surface area contributed by atoms with Crippen LogP contribution >= 0.6 is 0 Å². The van der Waals surface area contributed by atoms with Gasteiger partial charge in [0.25, 0.3) is 0 Å². The third kappa shape index (κ3) is 5.99. The van der Waals surface area contributed by atoms with Crippen molar-refractivity contribution in [2.24, 2.45) is 11.8 Å². The van der Waals surface area contributed by atoms with E-state index in [1.165, 1.54) is 50.7 Å². The van der Waals surface area contributed by atoms with Crippen LogP contribution in [0.1, 0.15) is 57.4 Å². The first-order valence-corrected chi connectivity index (χ1v) is 8.85. The molecule has 0 bridgehead atoms. The minimum atomic E-state index is -4.99. The van der Waals surface area contributed by atoms with Gasteiger partial charge in [0, 0.05) is 0 Å². The zero-order valence-electron chi connectivity index (χ0n) is 14.1. The molecule has 1 atom stereocenters. The van der Waals surface area contributed by atoms with E-state index in [9.17, 15) is 17.6 Å². The first-order chi connectivity index (χ1) is 11.4. The summed E-state index contributed by atoms with van der Waals surface area (Å²) in [6.07, 6.45) is 1.54. The zero-order chi connectivity index (χ0) is 17.6. The molecule has 0 amide bonds. The van der Waals surface area contributed by atoms with Gasteiger partial charge in [0.05, 0.1) is 0 Å². The largest absolute Gasteiger partial charge is 0.457 e. The Labute approximate surface area is 141 Å². The Kier molecular flexibility index (Phi) is 6.93. The molecule has 0 saturated heterocycles. The summed E-state index contributed by atoms with van der Waals surface area (Å²) in [4.78, 5) is 0. The average molecular weight is 346 g/mol. The van der Waals surface area contributed by atoms with Crippen molar-refractivity contribution in [3.63, 3.8) is 0 Å². The summed E-state index contributed by atoms with van der Waals surface area (Å²) in [5.41, 5.74) is 1.06. The molecule has 24 heavy (non-hydrogen) atoms. The molecule has 5 heteroatoms. The molecule has 1 fully saturated rings. The molecule has 0 aromatic heterocycles. The summed E-state index contributed by atoms with van der Waals surface area (Å²) < 4.78 is 53.4. The second-order valence-corrected chi connectivity index (χ2v) is 6.83. The number of benzene rings is 1. The van der Waals surface area contributed by atoms with Gasteiger partial charge in [-0.2, -0.15) is 17.6 Å². The van der Waals surface area contributed by atoms with Crippen LogP contribution in [0.4, 0.5) is 17.6 Å². The first kappa shape index (κ1) is 19.1. The van der Waals surface area contributed by atoms with Crippen molar-refractivity contribution < 1.29 is 22.3 Å². The summed E-state index contributed by atoms with van der Waals surface area (Å²) >= 11 is 0. The van der Waals surface area contributed by atoms with E-state index >= 15 is 0 Å². The highest BCUT2D eigenvalue weighted by Gasteiger charge is 2.42. The molecule has 1 aliphatic rings. The standard InChI is InChI=1S/C19H26F4O/c1-2-3-14-4-6-15(7-5-14)8-9-16-10-12-17(13-11-16)24-18(20)19(21,22)23/h10-15,18H,2-9H2,1H3. The van der Waals surface area contributed by atoms with Gasteiger partial charge in [-0.05, 0) is 42.4 Å². The van der Waals surface area contributed by atoms with Crippen molar-refractivity contribution in [2.45, 2.75) is 70.8 Å². The molecular weight excluding hydrogens is 320 g/mol. The molecule has 0 heterocycles. The molecule has 1 aromatic rings. The van der Waals surface area contributed by atoms with E-state index in [0.717, 1.165) is 30.2 Å². The molecule has 0 spiro atoms. The Bertz CT molecular complexity index is 475. The van der Waals surface area contributed by atoms with Crippen molar-refractivity contribution in [3.05, 3.63) is 29.8 Å². The van der Waals surface area contributed by atoms with Gasteiger partial charge in [-0.15, -0.1) is 0 Å². The highest BCUT2D eigenvalue weighted by Crippen LogP contribution is 2.34. The van der Waals surface area contributed by atoms with Gasteiger partial charge >= 0.3 is 12.5 Å². The summed E-state index contributed by atoms with van der Waals surface area (Å²) in [5, 5.41) is 0. The number of alkyl halides is 4. The van der Waals surface area contributed by atoms with Gasteiger partial charge in [0.15, 0.2) is 0 Å². The summed E-state index contributed by atoms with van der Waals surface area (Å²) in [7, 11) is 0. The number of hydrogen-bond acceptors (Lipinski definition) is 1. The van der Waals surface area contributed by atoms with E-state index in [1.807, 2.05) is 0 Å². The Balaban J connectivity index is 1.74. The molecule has 136 valence electrons. The lowest BCUT2D eigenvalue weighted by Crippen LogP contribution is -2.29. The van der Waals surface area contributed by atoms with E-state index < -0.39 is 12.5 Å². The maximum atomic E-state index is 12.8. The minimum absolute atomic E-state index is 0.0938. The van der Waals surface area contributed by atoms with Crippen LogP contribution in [0.3, 0.4) is 0 Å². The van der Waals surface area contributed by atoms with E-state index in [-0.39, 0.29) is 5.75 Å². The Hall–Kier alpha value is -1.26. The van der Waals surface area contributed by atoms with Crippen molar-refractivity contribution >= 4 is 0 Å².